The molecule has 0 radical (unpaired) electrons. The quantitative estimate of drug-likeness (QED) is 0.748. The molecule has 1 unspecified atom stereocenters. The van der Waals surface area contributed by atoms with Crippen LogP contribution in [0.5, 0.6) is 0 Å². The first-order chi connectivity index (χ1) is 8.51. The Morgan fingerprint density at radius 3 is 2.61 bits per heavy atom. The topological polar surface area (TPSA) is 29.0 Å². The molecule has 0 aliphatic heterocycles. The van der Waals surface area contributed by atoms with E-state index in [-0.39, 0.29) is 0 Å². The largest absolute Gasteiger partial charge is 0.356 e. The minimum absolute atomic E-state index is 0.430. The van der Waals surface area contributed by atoms with E-state index in [1.165, 1.54) is 0 Å². The molecular weight excluding hydrogens is 266 g/mol. The second-order valence-electron chi connectivity index (χ2n) is 4.54. The van der Waals surface area contributed by atoms with Crippen LogP contribution in [0.15, 0.2) is 0 Å². The summed E-state index contributed by atoms with van der Waals surface area (Å²) >= 11 is 8.04. The zero-order chi connectivity index (χ0) is 13.7. The third kappa shape index (κ3) is 3.75. The predicted octanol–water partition coefficient (Wildman–Crippen LogP) is 3.58. The molecule has 1 aromatic rings. The summed E-state index contributed by atoms with van der Waals surface area (Å²) in [6.07, 6.45) is 4.02. The molecule has 0 aromatic carbocycles. The Bertz CT molecular complexity index is 398. The monoisotopic (exact) mass is 287 g/mol. The molecule has 1 rings (SSSR count). The van der Waals surface area contributed by atoms with Gasteiger partial charge in [-0.2, -0.15) is 11.8 Å². The second-order valence-corrected chi connectivity index (χ2v) is 5.81. The molecule has 18 heavy (non-hydrogen) atoms. The van der Waals surface area contributed by atoms with Crippen molar-refractivity contribution in [2.75, 3.05) is 24.0 Å². The van der Waals surface area contributed by atoms with Crippen LogP contribution in [0.25, 0.3) is 0 Å². The van der Waals surface area contributed by atoms with Gasteiger partial charge in [0.25, 0.3) is 0 Å². The molecule has 0 spiro atoms. The summed E-state index contributed by atoms with van der Waals surface area (Å²) in [5, 5.41) is 0.576. The van der Waals surface area contributed by atoms with Crippen LogP contribution in [0.2, 0.25) is 5.15 Å². The van der Waals surface area contributed by atoms with Gasteiger partial charge in [-0.1, -0.05) is 18.5 Å². The number of rotatable bonds is 6. The van der Waals surface area contributed by atoms with Gasteiger partial charge in [0, 0.05) is 30.8 Å². The fraction of sp³-hybridized carbons (Fsp3) is 0.692. The van der Waals surface area contributed by atoms with Crippen LogP contribution in [0.3, 0.4) is 0 Å². The average Bonchev–Trinajstić information content (AvgIpc) is 2.33. The van der Waals surface area contributed by atoms with Crippen molar-refractivity contribution >= 4 is 29.2 Å². The van der Waals surface area contributed by atoms with Gasteiger partial charge in [-0.3, -0.25) is 0 Å². The Hall–Kier alpha value is -0.480. The fourth-order valence-corrected chi connectivity index (χ4v) is 2.65. The van der Waals surface area contributed by atoms with E-state index in [2.05, 4.69) is 42.0 Å². The summed E-state index contributed by atoms with van der Waals surface area (Å²) in [5.74, 6) is 2.87. The summed E-state index contributed by atoms with van der Waals surface area (Å²) in [6.45, 7) is 6.30. The summed E-state index contributed by atoms with van der Waals surface area (Å²) < 4.78 is 0. The molecule has 1 atom stereocenters. The highest BCUT2D eigenvalue weighted by atomic mass is 35.5. The Balaban J connectivity index is 3.05. The first-order valence-electron chi connectivity index (χ1n) is 6.26. The molecule has 0 amide bonds. The van der Waals surface area contributed by atoms with E-state index in [0.717, 1.165) is 35.8 Å². The van der Waals surface area contributed by atoms with E-state index in [1.807, 2.05) is 18.7 Å². The smallest absolute Gasteiger partial charge is 0.137 e. The predicted molar refractivity (Wildman–Crippen MR) is 82.0 cm³/mol. The molecule has 0 saturated heterocycles. The number of hydrogen-bond donors (Lipinski definition) is 0. The molecule has 1 heterocycles. The normalized spacial score (nSPS) is 12.6. The second kappa shape index (κ2) is 7.19. The number of anilines is 1. The molecular formula is C13H22ClN3S. The highest BCUT2D eigenvalue weighted by molar-refractivity contribution is 7.98. The van der Waals surface area contributed by atoms with Gasteiger partial charge in [0.1, 0.15) is 16.8 Å². The SMILES string of the molecule is CCCc1nc(Cl)c(C)c(N(C)C(C)CSC)n1. The van der Waals surface area contributed by atoms with Gasteiger partial charge in [-0.05, 0) is 26.5 Å². The molecule has 0 N–H and O–H groups in total. The van der Waals surface area contributed by atoms with Gasteiger partial charge < -0.3 is 4.90 Å². The lowest BCUT2D eigenvalue weighted by atomic mass is 10.2. The summed E-state index contributed by atoms with van der Waals surface area (Å²) in [5.41, 5.74) is 0.965. The number of halogens is 1. The minimum atomic E-state index is 0.430. The van der Waals surface area contributed by atoms with Crippen molar-refractivity contribution in [3.63, 3.8) is 0 Å². The number of aromatic nitrogens is 2. The van der Waals surface area contributed by atoms with Crippen LogP contribution in [0.1, 0.15) is 31.7 Å². The molecule has 102 valence electrons. The van der Waals surface area contributed by atoms with E-state index >= 15 is 0 Å². The van der Waals surface area contributed by atoms with Gasteiger partial charge in [-0.25, -0.2) is 9.97 Å². The molecule has 0 saturated carbocycles. The number of aryl methyl sites for hydroxylation is 1. The van der Waals surface area contributed by atoms with Gasteiger partial charge >= 0.3 is 0 Å². The van der Waals surface area contributed by atoms with Crippen LogP contribution in [0, 0.1) is 6.92 Å². The van der Waals surface area contributed by atoms with Gasteiger partial charge in [0.2, 0.25) is 0 Å². The van der Waals surface area contributed by atoms with Crippen molar-refractivity contribution < 1.29 is 0 Å². The van der Waals surface area contributed by atoms with Crippen LogP contribution in [-0.2, 0) is 6.42 Å². The van der Waals surface area contributed by atoms with Gasteiger partial charge in [-0.15, -0.1) is 0 Å². The molecule has 0 bridgehead atoms. The van der Waals surface area contributed by atoms with Gasteiger partial charge in [0.15, 0.2) is 0 Å². The van der Waals surface area contributed by atoms with Crippen molar-refractivity contribution in [2.24, 2.45) is 0 Å². The average molecular weight is 288 g/mol. The Labute approximate surface area is 119 Å². The first kappa shape index (κ1) is 15.6. The maximum Gasteiger partial charge on any atom is 0.137 e. The molecule has 1 aromatic heterocycles. The summed E-state index contributed by atoms with van der Waals surface area (Å²) in [7, 11) is 2.07. The minimum Gasteiger partial charge on any atom is -0.356 e. The lowest BCUT2D eigenvalue weighted by Gasteiger charge is -2.27. The molecule has 3 nitrogen and oxygen atoms in total. The molecule has 0 fully saturated rings. The first-order valence-corrected chi connectivity index (χ1v) is 8.03. The van der Waals surface area contributed by atoms with E-state index in [4.69, 9.17) is 11.6 Å². The van der Waals surface area contributed by atoms with Gasteiger partial charge in [0.05, 0.1) is 0 Å². The van der Waals surface area contributed by atoms with E-state index < -0.39 is 0 Å². The van der Waals surface area contributed by atoms with E-state index in [1.54, 1.807) is 0 Å². The molecule has 5 heteroatoms. The molecule has 0 aliphatic carbocycles. The van der Waals surface area contributed by atoms with E-state index in [0.29, 0.717) is 11.2 Å². The van der Waals surface area contributed by atoms with Crippen LogP contribution in [0.4, 0.5) is 5.82 Å². The lowest BCUT2D eigenvalue weighted by molar-refractivity contribution is 0.735. The zero-order valence-electron chi connectivity index (χ0n) is 11.8. The summed E-state index contributed by atoms with van der Waals surface area (Å²) in [4.78, 5) is 11.2. The van der Waals surface area contributed by atoms with Crippen LogP contribution in [-0.4, -0.2) is 35.1 Å². The fourth-order valence-electron chi connectivity index (χ4n) is 1.76. The number of nitrogens with zero attached hydrogens (tertiary/aromatic N) is 3. The standard InChI is InChI=1S/C13H22ClN3S/c1-6-7-11-15-12(14)10(3)13(16-11)17(4)9(2)8-18-5/h9H,6-8H2,1-5H3. The maximum absolute atomic E-state index is 6.20. The zero-order valence-corrected chi connectivity index (χ0v) is 13.4. The highest BCUT2D eigenvalue weighted by Crippen LogP contribution is 2.25. The van der Waals surface area contributed by atoms with Crippen molar-refractivity contribution in [3.05, 3.63) is 16.5 Å². The Kier molecular flexibility index (Phi) is 6.22. The van der Waals surface area contributed by atoms with Crippen molar-refractivity contribution in [2.45, 2.75) is 39.7 Å². The third-order valence-electron chi connectivity index (χ3n) is 2.98. The third-order valence-corrected chi connectivity index (χ3v) is 4.17. The Morgan fingerprint density at radius 1 is 1.39 bits per heavy atom. The van der Waals surface area contributed by atoms with E-state index in [9.17, 15) is 0 Å². The molecule has 0 aliphatic rings. The maximum atomic E-state index is 6.20. The summed E-state index contributed by atoms with van der Waals surface area (Å²) in [6, 6.07) is 0.430. The Morgan fingerprint density at radius 2 is 2.06 bits per heavy atom. The highest BCUT2D eigenvalue weighted by Gasteiger charge is 2.16. The number of hydrogen-bond acceptors (Lipinski definition) is 4. The van der Waals surface area contributed by atoms with Crippen LogP contribution < -0.4 is 4.90 Å². The van der Waals surface area contributed by atoms with Crippen molar-refractivity contribution in [1.29, 1.82) is 0 Å². The lowest BCUT2D eigenvalue weighted by Crippen LogP contribution is -2.32. The van der Waals surface area contributed by atoms with Crippen molar-refractivity contribution in [1.82, 2.24) is 9.97 Å². The van der Waals surface area contributed by atoms with Crippen molar-refractivity contribution in [3.8, 4) is 0 Å². The van der Waals surface area contributed by atoms with Crippen LogP contribution >= 0.6 is 23.4 Å². The number of thioether (sulfide) groups is 1.